The van der Waals surface area contributed by atoms with Crippen molar-refractivity contribution >= 4 is 5.91 Å². The number of amides is 1. The van der Waals surface area contributed by atoms with E-state index in [4.69, 9.17) is 4.52 Å². The third-order valence-corrected chi connectivity index (χ3v) is 4.55. The fourth-order valence-corrected chi connectivity index (χ4v) is 2.94. The highest BCUT2D eigenvalue weighted by molar-refractivity contribution is 5.73. The van der Waals surface area contributed by atoms with Gasteiger partial charge in [-0.15, -0.1) is 0 Å². The summed E-state index contributed by atoms with van der Waals surface area (Å²) in [5.41, 5.74) is -0.502. The smallest absolute Gasteiger partial charge is 0.340 e. The SMILES string of the molecule is CC(=O)N1CCN(C(C)c2nc(-c3cccc(C(F)(F)F)c3)no2)CC1. The van der Waals surface area contributed by atoms with Crippen molar-refractivity contribution in [3.63, 3.8) is 0 Å². The molecule has 6 nitrogen and oxygen atoms in total. The molecular formula is C17H19F3N4O2. The Morgan fingerprint density at radius 3 is 2.54 bits per heavy atom. The van der Waals surface area contributed by atoms with Gasteiger partial charge in [-0.05, 0) is 19.1 Å². The fourth-order valence-electron chi connectivity index (χ4n) is 2.94. The summed E-state index contributed by atoms with van der Waals surface area (Å²) < 4.78 is 43.8. The monoisotopic (exact) mass is 368 g/mol. The van der Waals surface area contributed by atoms with Crippen LogP contribution in [0.5, 0.6) is 0 Å². The lowest BCUT2D eigenvalue weighted by atomic mass is 10.1. The second kappa shape index (κ2) is 7.06. The number of halogens is 3. The van der Waals surface area contributed by atoms with Crippen molar-refractivity contribution in [3.05, 3.63) is 35.7 Å². The van der Waals surface area contributed by atoms with Crippen molar-refractivity contribution < 1.29 is 22.5 Å². The Morgan fingerprint density at radius 2 is 1.92 bits per heavy atom. The van der Waals surface area contributed by atoms with Gasteiger partial charge < -0.3 is 9.42 Å². The number of piperazine rings is 1. The third kappa shape index (κ3) is 3.87. The fraction of sp³-hybridized carbons (Fsp3) is 0.471. The van der Waals surface area contributed by atoms with E-state index in [0.717, 1.165) is 12.1 Å². The standard InChI is InChI=1S/C17H19F3N4O2/c1-11(23-6-8-24(9-7-23)12(2)25)16-21-15(22-26-16)13-4-3-5-14(10-13)17(18,19)20/h3-5,10-11H,6-9H2,1-2H3. The maximum atomic E-state index is 12.8. The zero-order valence-corrected chi connectivity index (χ0v) is 14.5. The zero-order chi connectivity index (χ0) is 18.9. The predicted octanol–water partition coefficient (Wildman–Crippen LogP) is 2.98. The molecule has 0 aliphatic carbocycles. The second-order valence-electron chi connectivity index (χ2n) is 6.25. The molecule has 9 heteroatoms. The molecule has 2 heterocycles. The van der Waals surface area contributed by atoms with Gasteiger partial charge in [0, 0.05) is 38.7 Å². The van der Waals surface area contributed by atoms with Gasteiger partial charge in [0.25, 0.3) is 0 Å². The molecule has 1 fully saturated rings. The molecule has 0 bridgehead atoms. The first-order valence-electron chi connectivity index (χ1n) is 8.26. The normalized spacial score (nSPS) is 17.3. The summed E-state index contributed by atoms with van der Waals surface area (Å²) in [4.78, 5) is 19.5. The number of carbonyl (C=O) groups excluding carboxylic acids is 1. The van der Waals surface area contributed by atoms with Crippen LogP contribution in [0.1, 0.15) is 31.3 Å². The summed E-state index contributed by atoms with van der Waals surface area (Å²) in [7, 11) is 0. The first-order valence-corrected chi connectivity index (χ1v) is 8.26. The number of nitrogens with zero attached hydrogens (tertiary/aromatic N) is 4. The molecule has 2 aromatic rings. The molecule has 1 aromatic heterocycles. The molecule has 140 valence electrons. The second-order valence-corrected chi connectivity index (χ2v) is 6.25. The minimum Gasteiger partial charge on any atom is -0.340 e. The van der Waals surface area contributed by atoms with Gasteiger partial charge in [0.1, 0.15) is 0 Å². The summed E-state index contributed by atoms with van der Waals surface area (Å²) in [5, 5.41) is 3.82. The van der Waals surface area contributed by atoms with Crippen LogP contribution >= 0.6 is 0 Å². The average molecular weight is 368 g/mol. The predicted molar refractivity (Wildman–Crippen MR) is 87.0 cm³/mol. The van der Waals surface area contributed by atoms with Crippen LogP contribution < -0.4 is 0 Å². The van der Waals surface area contributed by atoms with Crippen LogP contribution in [-0.4, -0.2) is 52.0 Å². The van der Waals surface area contributed by atoms with Crippen molar-refractivity contribution in [2.75, 3.05) is 26.2 Å². The molecule has 0 radical (unpaired) electrons. The Kier molecular flexibility index (Phi) is 4.99. The third-order valence-electron chi connectivity index (χ3n) is 4.55. The van der Waals surface area contributed by atoms with Crippen LogP contribution in [0, 0.1) is 0 Å². The van der Waals surface area contributed by atoms with Crippen LogP contribution in [-0.2, 0) is 11.0 Å². The van der Waals surface area contributed by atoms with Gasteiger partial charge in [-0.1, -0.05) is 17.3 Å². The highest BCUT2D eigenvalue weighted by Crippen LogP contribution is 2.32. The van der Waals surface area contributed by atoms with Gasteiger partial charge in [-0.3, -0.25) is 9.69 Å². The van der Waals surface area contributed by atoms with E-state index in [0.29, 0.717) is 32.1 Å². The molecule has 1 saturated heterocycles. The van der Waals surface area contributed by atoms with E-state index < -0.39 is 11.7 Å². The van der Waals surface area contributed by atoms with Crippen molar-refractivity contribution in [2.24, 2.45) is 0 Å². The maximum Gasteiger partial charge on any atom is 0.416 e. The topological polar surface area (TPSA) is 62.5 Å². The van der Waals surface area contributed by atoms with E-state index in [2.05, 4.69) is 15.0 Å². The largest absolute Gasteiger partial charge is 0.416 e. The van der Waals surface area contributed by atoms with Gasteiger partial charge in [0.05, 0.1) is 11.6 Å². The molecule has 0 saturated carbocycles. The molecule has 1 amide bonds. The zero-order valence-electron chi connectivity index (χ0n) is 14.5. The van der Waals surface area contributed by atoms with E-state index in [9.17, 15) is 18.0 Å². The molecule has 1 aliphatic heterocycles. The van der Waals surface area contributed by atoms with Crippen LogP contribution in [0.3, 0.4) is 0 Å². The molecule has 26 heavy (non-hydrogen) atoms. The van der Waals surface area contributed by atoms with Crippen molar-refractivity contribution in [1.82, 2.24) is 19.9 Å². The summed E-state index contributed by atoms with van der Waals surface area (Å²) >= 11 is 0. The number of carbonyl (C=O) groups is 1. The molecular weight excluding hydrogens is 349 g/mol. The molecule has 1 unspecified atom stereocenters. The summed E-state index contributed by atoms with van der Waals surface area (Å²) in [5.74, 6) is 0.510. The van der Waals surface area contributed by atoms with Gasteiger partial charge in [-0.2, -0.15) is 18.2 Å². The molecule has 0 spiro atoms. The number of hydrogen-bond donors (Lipinski definition) is 0. The van der Waals surface area contributed by atoms with Gasteiger partial charge in [0.2, 0.25) is 17.6 Å². The van der Waals surface area contributed by atoms with Crippen LogP contribution in [0.4, 0.5) is 13.2 Å². The minimum absolute atomic E-state index is 0.0435. The molecule has 1 aliphatic rings. The van der Waals surface area contributed by atoms with Crippen molar-refractivity contribution in [3.8, 4) is 11.4 Å². The van der Waals surface area contributed by atoms with Crippen molar-refractivity contribution in [2.45, 2.75) is 26.1 Å². The minimum atomic E-state index is -4.42. The number of hydrogen-bond acceptors (Lipinski definition) is 5. The van der Waals surface area contributed by atoms with E-state index in [-0.39, 0.29) is 23.3 Å². The van der Waals surface area contributed by atoms with Crippen LogP contribution in [0.15, 0.2) is 28.8 Å². The highest BCUT2D eigenvalue weighted by Gasteiger charge is 2.31. The van der Waals surface area contributed by atoms with E-state index >= 15 is 0 Å². The first kappa shape index (κ1) is 18.4. The van der Waals surface area contributed by atoms with Crippen LogP contribution in [0.2, 0.25) is 0 Å². The Bertz CT molecular complexity index is 782. The number of aromatic nitrogens is 2. The molecule has 3 rings (SSSR count). The molecule has 1 aromatic carbocycles. The maximum absolute atomic E-state index is 12.8. The number of benzene rings is 1. The number of rotatable bonds is 3. The number of alkyl halides is 3. The Hall–Kier alpha value is -2.42. The van der Waals surface area contributed by atoms with E-state index in [1.807, 2.05) is 6.92 Å². The summed E-state index contributed by atoms with van der Waals surface area (Å²) in [6.45, 7) is 6.01. The lowest BCUT2D eigenvalue weighted by Crippen LogP contribution is -2.48. The van der Waals surface area contributed by atoms with E-state index in [1.54, 1.807) is 11.8 Å². The highest BCUT2D eigenvalue weighted by atomic mass is 19.4. The summed E-state index contributed by atoms with van der Waals surface area (Å²) in [6.07, 6.45) is -4.42. The molecule has 0 N–H and O–H groups in total. The first-order chi connectivity index (χ1) is 12.3. The van der Waals surface area contributed by atoms with Gasteiger partial charge >= 0.3 is 6.18 Å². The quantitative estimate of drug-likeness (QED) is 0.834. The molecule has 1 atom stereocenters. The van der Waals surface area contributed by atoms with Crippen molar-refractivity contribution in [1.29, 1.82) is 0 Å². The Labute approximate surface area is 148 Å². The lowest BCUT2D eigenvalue weighted by Gasteiger charge is -2.36. The Balaban J connectivity index is 1.73. The lowest BCUT2D eigenvalue weighted by molar-refractivity contribution is -0.137. The van der Waals surface area contributed by atoms with Crippen LogP contribution in [0.25, 0.3) is 11.4 Å². The van der Waals surface area contributed by atoms with Gasteiger partial charge in [-0.25, -0.2) is 0 Å². The Morgan fingerprint density at radius 1 is 1.23 bits per heavy atom. The average Bonchev–Trinajstić information content (AvgIpc) is 3.10. The van der Waals surface area contributed by atoms with E-state index in [1.165, 1.54) is 12.1 Å². The van der Waals surface area contributed by atoms with Gasteiger partial charge in [0.15, 0.2) is 0 Å². The summed E-state index contributed by atoms with van der Waals surface area (Å²) in [6, 6.07) is 4.65.